The fourth-order valence-electron chi connectivity index (χ4n) is 1.53. The molecule has 88 valence electrons. The van der Waals surface area contributed by atoms with Crippen LogP contribution in [-0.2, 0) is 9.53 Å². The molecule has 4 nitrogen and oxygen atoms in total. The van der Waals surface area contributed by atoms with Gasteiger partial charge in [0.25, 0.3) is 0 Å². The standard InChI is InChI=1S/C11H22N2O2/c1-11(2,3)15-8-10(14)13-9-5-4-6-12-7-9/h9,12H,4-8H2,1-3H3,(H,13,14)/t9-/m1/s1. The molecule has 1 heterocycles. The number of ether oxygens (including phenoxy) is 1. The minimum absolute atomic E-state index is 0.0152. The molecule has 1 amide bonds. The number of amides is 1. The Bertz CT molecular complexity index is 205. The van der Waals surface area contributed by atoms with Crippen LogP contribution in [-0.4, -0.2) is 37.2 Å². The van der Waals surface area contributed by atoms with E-state index in [1.54, 1.807) is 0 Å². The maximum absolute atomic E-state index is 11.5. The summed E-state index contributed by atoms with van der Waals surface area (Å²) in [5, 5.41) is 6.22. The number of hydrogen-bond donors (Lipinski definition) is 2. The number of nitrogens with one attached hydrogen (secondary N) is 2. The maximum atomic E-state index is 11.5. The SMILES string of the molecule is CC(C)(C)OCC(=O)N[C@@H]1CCCNC1. The molecule has 0 spiro atoms. The second-order valence-corrected chi connectivity index (χ2v) is 5.01. The third-order valence-electron chi connectivity index (χ3n) is 2.30. The quantitative estimate of drug-likeness (QED) is 0.726. The van der Waals surface area contributed by atoms with Gasteiger partial charge in [0.1, 0.15) is 6.61 Å². The number of piperidine rings is 1. The Morgan fingerprint density at radius 1 is 1.53 bits per heavy atom. The van der Waals surface area contributed by atoms with Crippen molar-refractivity contribution in [1.29, 1.82) is 0 Å². The first-order valence-electron chi connectivity index (χ1n) is 5.61. The smallest absolute Gasteiger partial charge is 0.246 e. The van der Waals surface area contributed by atoms with E-state index in [-0.39, 0.29) is 24.2 Å². The van der Waals surface area contributed by atoms with E-state index < -0.39 is 0 Å². The molecule has 0 radical (unpaired) electrons. The van der Waals surface area contributed by atoms with Crippen molar-refractivity contribution < 1.29 is 9.53 Å². The van der Waals surface area contributed by atoms with Crippen LogP contribution in [0.1, 0.15) is 33.6 Å². The van der Waals surface area contributed by atoms with Crippen molar-refractivity contribution in [3.8, 4) is 0 Å². The molecule has 0 aromatic heterocycles. The molecule has 0 bridgehead atoms. The van der Waals surface area contributed by atoms with Gasteiger partial charge in [-0.25, -0.2) is 0 Å². The lowest BCUT2D eigenvalue weighted by Gasteiger charge is -2.25. The molecule has 2 N–H and O–H groups in total. The Hall–Kier alpha value is -0.610. The molecule has 0 aliphatic carbocycles. The van der Waals surface area contributed by atoms with Crippen LogP contribution in [0, 0.1) is 0 Å². The molecule has 1 fully saturated rings. The summed E-state index contributed by atoms with van der Waals surface area (Å²) in [6.07, 6.45) is 2.19. The molecule has 1 aliphatic heterocycles. The van der Waals surface area contributed by atoms with Gasteiger partial charge < -0.3 is 15.4 Å². The normalized spacial score (nSPS) is 22.5. The third-order valence-corrected chi connectivity index (χ3v) is 2.30. The molecule has 1 rings (SSSR count). The molecule has 0 unspecified atom stereocenters. The highest BCUT2D eigenvalue weighted by atomic mass is 16.5. The largest absolute Gasteiger partial charge is 0.366 e. The van der Waals surface area contributed by atoms with Gasteiger partial charge in [-0.15, -0.1) is 0 Å². The number of hydrogen-bond acceptors (Lipinski definition) is 3. The van der Waals surface area contributed by atoms with Crippen LogP contribution in [0.5, 0.6) is 0 Å². The molecule has 0 aromatic carbocycles. The molecule has 4 heteroatoms. The summed E-state index contributed by atoms with van der Waals surface area (Å²) in [5.74, 6) is -0.0152. The van der Waals surface area contributed by atoms with Crippen LogP contribution in [0.15, 0.2) is 0 Å². The number of carbonyl (C=O) groups is 1. The first kappa shape index (κ1) is 12.5. The third kappa shape index (κ3) is 5.74. The van der Waals surface area contributed by atoms with Crippen LogP contribution < -0.4 is 10.6 Å². The number of carbonyl (C=O) groups excluding carboxylic acids is 1. The van der Waals surface area contributed by atoms with Crippen molar-refractivity contribution in [2.45, 2.75) is 45.3 Å². The van der Waals surface area contributed by atoms with Crippen LogP contribution in [0.25, 0.3) is 0 Å². The van der Waals surface area contributed by atoms with E-state index >= 15 is 0 Å². The predicted octanol–water partition coefficient (Wildman–Crippen LogP) is 0.670. The van der Waals surface area contributed by atoms with Crippen molar-refractivity contribution in [2.24, 2.45) is 0 Å². The molecule has 1 saturated heterocycles. The highest BCUT2D eigenvalue weighted by Crippen LogP contribution is 2.06. The molecule has 1 aliphatic rings. The Kier molecular flexibility index (Phi) is 4.54. The van der Waals surface area contributed by atoms with E-state index in [1.165, 1.54) is 0 Å². The first-order chi connectivity index (χ1) is 6.97. The topological polar surface area (TPSA) is 50.4 Å². The van der Waals surface area contributed by atoms with E-state index in [0.29, 0.717) is 0 Å². The Labute approximate surface area is 91.8 Å². The molecule has 15 heavy (non-hydrogen) atoms. The minimum Gasteiger partial charge on any atom is -0.366 e. The van der Waals surface area contributed by atoms with Gasteiger partial charge in [-0.1, -0.05) is 0 Å². The van der Waals surface area contributed by atoms with Crippen LogP contribution in [0.4, 0.5) is 0 Å². The minimum atomic E-state index is -0.248. The van der Waals surface area contributed by atoms with E-state index in [1.807, 2.05) is 20.8 Å². The fourth-order valence-corrected chi connectivity index (χ4v) is 1.53. The summed E-state index contributed by atoms with van der Waals surface area (Å²) in [4.78, 5) is 11.5. The average molecular weight is 214 g/mol. The Balaban J connectivity index is 2.17. The Morgan fingerprint density at radius 2 is 2.27 bits per heavy atom. The van der Waals surface area contributed by atoms with Gasteiger partial charge in [0.05, 0.1) is 5.60 Å². The van der Waals surface area contributed by atoms with E-state index in [0.717, 1.165) is 25.9 Å². The van der Waals surface area contributed by atoms with Crippen molar-refractivity contribution in [1.82, 2.24) is 10.6 Å². The monoisotopic (exact) mass is 214 g/mol. The lowest BCUT2D eigenvalue weighted by Crippen LogP contribution is -2.47. The summed E-state index contributed by atoms with van der Waals surface area (Å²) in [6.45, 7) is 7.93. The zero-order valence-corrected chi connectivity index (χ0v) is 9.93. The maximum Gasteiger partial charge on any atom is 0.246 e. The van der Waals surface area contributed by atoms with Crippen molar-refractivity contribution >= 4 is 5.91 Å². The second-order valence-electron chi connectivity index (χ2n) is 5.01. The summed E-state index contributed by atoms with van der Waals surface area (Å²) in [5.41, 5.74) is -0.248. The zero-order chi connectivity index (χ0) is 11.3. The van der Waals surface area contributed by atoms with Crippen LogP contribution in [0.3, 0.4) is 0 Å². The van der Waals surface area contributed by atoms with Gasteiger partial charge in [0, 0.05) is 12.6 Å². The van der Waals surface area contributed by atoms with Crippen molar-refractivity contribution in [3.63, 3.8) is 0 Å². The summed E-state index contributed by atoms with van der Waals surface area (Å²) >= 11 is 0. The van der Waals surface area contributed by atoms with Gasteiger partial charge in [-0.2, -0.15) is 0 Å². The summed E-state index contributed by atoms with van der Waals surface area (Å²) < 4.78 is 5.40. The van der Waals surface area contributed by atoms with E-state index in [4.69, 9.17) is 4.74 Å². The van der Waals surface area contributed by atoms with Gasteiger partial charge in [-0.05, 0) is 40.2 Å². The zero-order valence-electron chi connectivity index (χ0n) is 9.93. The van der Waals surface area contributed by atoms with Crippen LogP contribution in [0.2, 0.25) is 0 Å². The fraction of sp³-hybridized carbons (Fsp3) is 0.909. The van der Waals surface area contributed by atoms with Crippen LogP contribution >= 0.6 is 0 Å². The summed E-state index contributed by atoms with van der Waals surface area (Å²) in [7, 11) is 0. The average Bonchev–Trinajstić information content (AvgIpc) is 2.15. The first-order valence-corrected chi connectivity index (χ1v) is 5.61. The predicted molar refractivity (Wildman–Crippen MR) is 59.7 cm³/mol. The Morgan fingerprint density at radius 3 is 2.80 bits per heavy atom. The highest BCUT2D eigenvalue weighted by molar-refractivity contribution is 5.77. The van der Waals surface area contributed by atoms with Gasteiger partial charge >= 0.3 is 0 Å². The highest BCUT2D eigenvalue weighted by Gasteiger charge is 2.17. The molecular weight excluding hydrogens is 192 g/mol. The van der Waals surface area contributed by atoms with Gasteiger partial charge in [0.15, 0.2) is 0 Å². The lowest BCUT2D eigenvalue weighted by molar-refractivity contribution is -0.131. The molecule has 1 atom stereocenters. The van der Waals surface area contributed by atoms with Crippen molar-refractivity contribution in [2.75, 3.05) is 19.7 Å². The summed E-state index contributed by atoms with van der Waals surface area (Å²) in [6, 6.07) is 0.273. The molecule has 0 saturated carbocycles. The van der Waals surface area contributed by atoms with E-state index in [2.05, 4.69) is 10.6 Å². The second kappa shape index (κ2) is 5.47. The van der Waals surface area contributed by atoms with Gasteiger partial charge in [-0.3, -0.25) is 4.79 Å². The van der Waals surface area contributed by atoms with Crippen molar-refractivity contribution in [3.05, 3.63) is 0 Å². The van der Waals surface area contributed by atoms with E-state index in [9.17, 15) is 4.79 Å². The number of rotatable bonds is 3. The van der Waals surface area contributed by atoms with Gasteiger partial charge in [0.2, 0.25) is 5.91 Å². The lowest BCUT2D eigenvalue weighted by atomic mass is 10.1. The molecular formula is C11H22N2O2. The molecule has 0 aromatic rings.